The Bertz CT molecular complexity index is 663. The lowest BCUT2D eigenvalue weighted by Gasteiger charge is -2.33. The second kappa shape index (κ2) is 6.97. The summed E-state index contributed by atoms with van der Waals surface area (Å²) in [6.45, 7) is 5.04. The number of fused-ring (bicyclic) bond motifs is 1. The van der Waals surface area contributed by atoms with E-state index in [4.69, 9.17) is 10.5 Å². The van der Waals surface area contributed by atoms with Crippen molar-refractivity contribution in [2.45, 2.75) is 50.2 Å². The fourth-order valence-electron chi connectivity index (χ4n) is 3.33. The van der Waals surface area contributed by atoms with Crippen LogP contribution < -0.4 is 10.5 Å². The van der Waals surface area contributed by atoms with Gasteiger partial charge in [-0.25, -0.2) is 8.42 Å². The summed E-state index contributed by atoms with van der Waals surface area (Å²) in [4.78, 5) is 0.370. The molecule has 0 aliphatic carbocycles. The molecular weight excluding hydrogens is 336 g/mol. The van der Waals surface area contributed by atoms with Crippen LogP contribution in [0, 0.1) is 5.92 Å². The average molecular weight is 361 g/mol. The molecule has 7 heteroatoms. The van der Waals surface area contributed by atoms with Gasteiger partial charge in [-0.3, -0.25) is 0 Å². The van der Waals surface area contributed by atoms with Gasteiger partial charge in [-0.05, 0) is 56.4 Å². The van der Waals surface area contributed by atoms with Crippen LogP contribution in [-0.4, -0.2) is 38.0 Å². The van der Waals surface area contributed by atoms with Gasteiger partial charge in [-0.15, -0.1) is 12.4 Å². The standard InChI is InChI=1S/C16H24N2O3S.ClH/c1-11-8-14-9-15(5-6-16(14)21-11)22(19,20)18-7-3-4-13(10-18)12(2)17;/h5-6,9,11-13H,3-4,7-8,10,17H2,1-2H3;1H. The van der Waals surface area contributed by atoms with Crippen molar-refractivity contribution in [2.24, 2.45) is 11.7 Å². The van der Waals surface area contributed by atoms with Crippen LogP contribution in [0.25, 0.3) is 0 Å². The van der Waals surface area contributed by atoms with Crippen molar-refractivity contribution in [1.82, 2.24) is 4.31 Å². The van der Waals surface area contributed by atoms with E-state index < -0.39 is 10.0 Å². The highest BCUT2D eigenvalue weighted by Crippen LogP contribution is 2.32. The molecule has 0 aromatic heterocycles. The molecule has 3 unspecified atom stereocenters. The molecule has 1 fully saturated rings. The molecule has 1 saturated heterocycles. The molecule has 3 atom stereocenters. The van der Waals surface area contributed by atoms with Gasteiger partial charge >= 0.3 is 0 Å². The lowest BCUT2D eigenvalue weighted by atomic mass is 9.93. The summed E-state index contributed by atoms with van der Waals surface area (Å²) >= 11 is 0. The number of nitrogens with two attached hydrogens (primary N) is 1. The maximum atomic E-state index is 12.9. The molecule has 23 heavy (non-hydrogen) atoms. The number of piperidine rings is 1. The molecule has 2 N–H and O–H groups in total. The highest BCUT2D eigenvalue weighted by molar-refractivity contribution is 7.89. The first kappa shape index (κ1) is 18.5. The first-order valence-corrected chi connectivity index (χ1v) is 9.37. The Hall–Kier alpha value is -0.820. The van der Waals surface area contributed by atoms with E-state index >= 15 is 0 Å². The minimum Gasteiger partial charge on any atom is -0.490 e. The Morgan fingerprint density at radius 1 is 1.39 bits per heavy atom. The van der Waals surface area contributed by atoms with Gasteiger partial charge in [0.15, 0.2) is 0 Å². The van der Waals surface area contributed by atoms with Gasteiger partial charge < -0.3 is 10.5 Å². The van der Waals surface area contributed by atoms with Crippen LogP contribution in [0.1, 0.15) is 32.3 Å². The highest BCUT2D eigenvalue weighted by Gasteiger charge is 2.32. The zero-order valence-corrected chi connectivity index (χ0v) is 15.2. The van der Waals surface area contributed by atoms with Crippen LogP contribution in [0.15, 0.2) is 23.1 Å². The third-order valence-corrected chi connectivity index (χ3v) is 6.53. The monoisotopic (exact) mass is 360 g/mol. The second-order valence-corrected chi connectivity index (χ2v) is 8.46. The van der Waals surface area contributed by atoms with Crippen LogP contribution in [0.5, 0.6) is 5.75 Å². The molecule has 3 rings (SSSR count). The van der Waals surface area contributed by atoms with E-state index in [0.717, 1.165) is 30.6 Å². The number of hydrogen-bond acceptors (Lipinski definition) is 4. The third kappa shape index (κ3) is 3.65. The molecule has 2 aliphatic heterocycles. The predicted molar refractivity (Wildman–Crippen MR) is 92.6 cm³/mol. The van der Waals surface area contributed by atoms with Gasteiger partial charge in [0, 0.05) is 25.6 Å². The molecule has 1 aromatic carbocycles. The summed E-state index contributed by atoms with van der Waals surface area (Å²) in [5.41, 5.74) is 6.94. The topological polar surface area (TPSA) is 72.6 Å². The van der Waals surface area contributed by atoms with Gasteiger partial charge in [-0.1, -0.05) is 0 Å². The lowest BCUT2D eigenvalue weighted by Crippen LogP contribution is -2.44. The van der Waals surface area contributed by atoms with Crippen molar-refractivity contribution in [2.75, 3.05) is 13.1 Å². The molecule has 130 valence electrons. The van der Waals surface area contributed by atoms with E-state index in [1.165, 1.54) is 0 Å². The largest absolute Gasteiger partial charge is 0.490 e. The fraction of sp³-hybridized carbons (Fsp3) is 0.625. The smallest absolute Gasteiger partial charge is 0.243 e. The Morgan fingerprint density at radius 3 is 2.83 bits per heavy atom. The lowest BCUT2D eigenvalue weighted by molar-refractivity contribution is 0.243. The molecule has 0 saturated carbocycles. The zero-order chi connectivity index (χ0) is 15.9. The third-order valence-electron chi connectivity index (χ3n) is 4.67. The van der Waals surface area contributed by atoms with E-state index in [-0.39, 0.29) is 30.5 Å². The molecule has 2 aliphatic rings. The molecule has 0 radical (unpaired) electrons. The maximum absolute atomic E-state index is 12.9. The van der Waals surface area contributed by atoms with Crippen LogP contribution in [0.2, 0.25) is 0 Å². The van der Waals surface area contributed by atoms with E-state index in [9.17, 15) is 8.42 Å². The van der Waals surface area contributed by atoms with Crippen LogP contribution in [0.4, 0.5) is 0 Å². The number of sulfonamides is 1. The summed E-state index contributed by atoms with van der Waals surface area (Å²) in [6, 6.07) is 5.22. The number of benzene rings is 1. The van der Waals surface area contributed by atoms with E-state index in [0.29, 0.717) is 18.0 Å². The Labute approximate surface area is 144 Å². The minimum atomic E-state index is -3.45. The molecular formula is C16H25ClN2O3S. The molecule has 0 bridgehead atoms. The van der Waals surface area contributed by atoms with Gasteiger partial charge in [0.05, 0.1) is 4.90 Å². The second-order valence-electron chi connectivity index (χ2n) is 6.53. The maximum Gasteiger partial charge on any atom is 0.243 e. The first-order valence-electron chi connectivity index (χ1n) is 7.93. The molecule has 2 heterocycles. The summed E-state index contributed by atoms with van der Waals surface area (Å²) in [5.74, 6) is 1.04. The van der Waals surface area contributed by atoms with Crippen LogP contribution in [-0.2, 0) is 16.4 Å². The Morgan fingerprint density at radius 2 is 2.13 bits per heavy atom. The van der Waals surface area contributed by atoms with Crippen molar-refractivity contribution in [3.63, 3.8) is 0 Å². The summed E-state index contributed by atoms with van der Waals surface area (Å²) in [5, 5.41) is 0. The Kier molecular flexibility index (Phi) is 5.61. The number of ether oxygens (including phenoxy) is 1. The van der Waals surface area contributed by atoms with Gasteiger partial charge in [0.1, 0.15) is 11.9 Å². The normalized spacial score (nSPS) is 26.0. The number of nitrogens with zero attached hydrogens (tertiary/aromatic N) is 1. The van der Waals surface area contributed by atoms with Crippen molar-refractivity contribution in [1.29, 1.82) is 0 Å². The molecule has 0 spiro atoms. The molecule has 0 amide bonds. The molecule has 1 aromatic rings. The predicted octanol–water partition coefficient (Wildman–Crippen LogP) is 2.18. The Balaban J connectivity index is 0.00000192. The number of hydrogen-bond donors (Lipinski definition) is 1. The van der Waals surface area contributed by atoms with Crippen molar-refractivity contribution >= 4 is 22.4 Å². The number of halogens is 1. The molecule has 5 nitrogen and oxygen atoms in total. The van der Waals surface area contributed by atoms with E-state index in [2.05, 4.69) is 0 Å². The fourth-order valence-corrected chi connectivity index (χ4v) is 4.92. The quantitative estimate of drug-likeness (QED) is 0.896. The first-order chi connectivity index (χ1) is 10.4. The van der Waals surface area contributed by atoms with Crippen molar-refractivity contribution in [3.05, 3.63) is 23.8 Å². The summed E-state index contributed by atoms with van der Waals surface area (Å²) in [7, 11) is -3.45. The van der Waals surface area contributed by atoms with E-state index in [1.54, 1.807) is 22.5 Å². The average Bonchev–Trinajstić information content (AvgIpc) is 2.86. The van der Waals surface area contributed by atoms with Gasteiger partial charge in [0.25, 0.3) is 0 Å². The minimum absolute atomic E-state index is 0. The highest BCUT2D eigenvalue weighted by atomic mass is 35.5. The van der Waals surface area contributed by atoms with Crippen molar-refractivity contribution < 1.29 is 13.2 Å². The van der Waals surface area contributed by atoms with Crippen LogP contribution in [0.3, 0.4) is 0 Å². The van der Waals surface area contributed by atoms with E-state index in [1.807, 2.05) is 13.8 Å². The van der Waals surface area contributed by atoms with Crippen LogP contribution >= 0.6 is 12.4 Å². The summed E-state index contributed by atoms with van der Waals surface area (Å²) < 4.78 is 33.0. The van der Waals surface area contributed by atoms with Gasteiger partial charge in [0.2, 0.25) is 10.0 Å². The SMILES string of the molecule is CC1Cc2cc(S(=O)(=O)N3CCCC(C(C)N)C3)ccc2O1.Cl. The number of rotatable bonds is 3. The van der Waals surface area contributed by atoms with Gasteiger partial charge in [-0.2, -0.15) is 4.31 Å². The van der Waals surface area contributed by atoms with Crippen molar-refractivity contribution in [3.8, 4) is 5.75 Å². The summed E-state index contributed by atoms with van der Waals surface area (Å²) in [6.07, 6.45) is 2.75. The zero-order valence-electron chi connectivity index (χ0n) is 13.6.